The van der Waals surface area contributed by atoms with Gasteiger partial charge in [-0.05, 0) is 37.1 Å². The highest BCUT2D eigenvalue weighted by atomic mass is 19.4. The van der Waals surface area contributed by atoms with Gasteiger partial charge in [-0.15, -0.1) is 0 Å². The molecule has 2 aromatic rings. The van der Waals surface area contributed by atoms with Gasteiger partial charge in [-0.2, -0.15) is 18.3 Å². The fourth-order valence-electron chi connectivity index (χ4n) is 2.99. The van der Waals surface area contributed by atoms with Crippen LogP contribution in [-0.2, 0) is 30.5 Å². The van der Waals surface area contributed by atoms with Crippen LogP contribution in [0.1, 0.15) is 28.1 Å². The van der Waals surface area contributed by atoms with Crippen LogP contribution in [0.15, 0.2) is 18.2 Å². The predicted octanol–water partition coefficient (Wildman–Crippen LogP) is 3.41. The molecule has 0 aliphatic carbocycles. The number of fused-ring (bicyclic) bond motifs is 1. The Morgan fingerprint density at radius 2 is 2.07 bits per heavy atom. The Balaban J connectivity index is 1.61. The molecule has 0 bridgehead atoms. The molecule has 3 rings (SSSR count). The smallest absolute Gasteiger partial charge is 0.376 e. The van der Waals surface area contributed by atoms with Gasteiger partial charge in [-0.25, -0.2) is 4.79 Å². The molecule has 1 aromatic heterocycles. The van der Waals surface area contributed by atoms with Crippen molar-refractivity contribution in [3.63, 3.8) is 0 Å². The number of hydrogen-bond donors (Lipinski definition) is 2. The molecular weight excluding hydrogens is 361 g/mol. The molecule has 9 heteroatoms. The van der Waals surface area contributed by atoms with Crippen LogP contribution in [0.3, 0.4) is 0 Å². The molecule has 0 unspecified atom stereocenters. The summed E-state index contributed by atoms with van der Waals surface area (Å²) in [6, 6.07) is 5.14. The fourth-order valence-corrected chi connectivity index (χ4v) is 2.99. The zero-order valence-corrected chi connectivity index (χ0v) is 15.1. The summed E-state index contributed by atoms with van der Waals surface area (Å²) >= 11 is 0. The summed E-state index contributed by atoms with van der Waals surface area (Å²) in [5.41, 5.74) is 2.53. The van der Waals surface area contributed by atoms with E-state index in [4.69, 9.17) is 4.74 Å². The summed E-state index contributed by atoms with van der Waals surface area (Å²) < 4.78 is 45.9. The van der Waals surface area contributed by atoms with Crippen molar-refractivity contribution in [2.75, 3.05) is 18.5 Å². The minimum Gasteiger partial charge on any atom is -0.376 e. The third kappa shape index (κ3) is 4.41. The van der Waals surface area contributed by atoms with Crippen molar-refractivity contribution in [1.29, 1.82) is 0 Å². The Morgan fingerprint density at radius 1 is 1.30 bits per heavy atom. The van der Waals surface area contributed by atoms with E-state index < -0.39 is 17.9 Å². The number of nitrogens with one attached hydrogen (secondary N) is 2. The van der Waals surface area contributed by atoms with E-state index >= 15 is 0 Å². The van der Waals surface area contributed by atoms with Crippen LogP contribution in [0.5, 0.6) is 0 Å². The minimum atomic E-state index is -4.52. The number of aromatic nitrogens is 2. The standard InChI is InChI=1S/C18H21F3N4O2/c1-11-3-4-13(9-12(11)2)23-17(26)22-6-7-25-15-5-8-27-10-14(15)16(24-25)18(19,20)21/h3-4,9H,5-8,10H2,1-2H3,(H2,22,23,26). The monoisotopic (exact) mass is 382 g/mol. The molecule has 0 radical (unpaired) electrons. The lowest BCUT2D eigenvalue weighted by atomic mass is 10.1. The summed E-state index contributed by atoms with van der Waals surface area (Å²) in [6.07, 6.45) is -4.16. The van der Waals surface area contributed by atoms with E-state index in [1.54, 1.807) is 6.07 Å². The maximum atomic E-state index is 13.1. The molecule has 1 aliphatic rings. The summed E-state index contributed by atoms with van der Waals surface area (Å²) in [4.78, 5) is 12.0. The number of halogens is 3. The molecule has 6 nitrogen and oxygen atoms in total. The molecule has 2 amide bonds. The van der Waals surface area contributed by atoms with Crippen molar-refractivity contribution >= 4 is 11.7 Å². The maximum absolute atomic E-state index is 13.1. The Morgan fingerprint density at radius 3 is 2.78 bits per heavy atom. The first-order chi connectivity index (χ1) is 12.8. The lowest BCUT2D eigenvalue weighted by molar-refractivity contribution is -0.142. The number of anilines is 1. The highest BCUT2D eigenvalue weighted by Crippen LogP contribution is 2.34. The van der Waals surface area contributed by atoms with Crippen molar-refractivity contribution in [3.05, 3.63) is 46.3 Å². The van der Waals surface area contributed by atoms with Gasteiger partial charge in [0.1, 0.15) is 0 Å². The maximum Gasteiger partial charge on any atom is 0.435 e. The minimum absolute atomic E-state index is 0.0910. The molecular formula is C18H21F3N4O2. The number of amides is 2. The van der Waals surface area contributed by atoms with E-state index in [2.05, 4.69) is 15.7 Å². The molecule has 2 N–H and O–H groups in total. The molecule has 2 heterocycles. The number of alkyl halides is 3. The summed E-state index contributed by atoms with van der Waals surface area (Å²) in [7, 11) is 0. The third-order valence-corrected chi connectivity index (χ3v) is 4.54. The number of carbonyl (C=O) groups excluding carboxylic acids is 1. The largest absolute Gasteiger partial charge is 0.435 e. The molecule has 0 atom stereocenters. The van der Waals surface area contributed by atoms with E-state index in [1.807, 2.05) is 26.0 Å². The quantitative estimate of drug-likeness (QED) is 0.852. The van der Waals surface area contributed by atoms with Gasteiger partial charge >= 0.3 is 12.2 Å². The van der Waals surface area contributed by atoms with Gasteiger partial charge < -0.3 is 15.4 Å². The SMILES string of the molecule is Cc1ccc(NC(=O)NCCn2nc(C(F)(F)F)c3c2CCOC3)cc1C. The van der Waals surface area contributed by atoms with Crippen LogP contribution >= 0.6 is 0 Å². The number of benzene rings is 1. The van der Waals surface area contributed by atoms with Gasteiger partial charge in [0.15, 0.2) is 5.69 Å². The van der Waals surface area contributed by atoms with Crippen molar-refractivity contribution in [1.82, 2.24) is 15.1 Å². The lowest BCUT2D eigenvalue weighted by Gasteiger charge is -2.15. The molecule has 146 valence electrons. The summed E-state index contributed by atoms with van der Waals surface area (Å²) in [6.45, 7) is 4.49. The number of urea groups is 1. The average Bonchev–Trinajstić information content (AvgIpc) is 2.98. The van der Waals surface area contributed by atoms with Crippen molar-refractivity contribution in [3.8, 4) is 0 Å². The van der Waals surface area contributed by atoms with E-state index in [0.29, 0.717) is 24.4 Å². The van der Waals surface area contributed by atoms with Crippen LogP contribution in [0.25, 0.3) is 0 Å². The van der Waals surface area contributed by atoms with Gasteiger partial charge in [0.25, 0.3) is 0 Å². The molecule has 1 aliphatic heterocycles. The fraction of sp³-hybridized carbons (Fsp3) is 0.444. The van der Waals surface area contributed by atoms with Crippen molar-refractivity contribution < 1.29 is 22.7 Å². The van der Waals surface area contributed by atoms with E-state index in [-0.39, 0.29) is 25.3 Å². The Kier molecular flexibility index (Phi) is 5.41. The number of ether oxygens (including phenoxy) is 1. The number of hydrogen-bond acceptors (Lipinski definition) is 3. The third-order valence-electron chi connectivity index (χ3n) is 4.54. The first-order valence-corrected chi connectivity index (χ1v) is 8.61. The Hall–Kier alpha value is -2.55. The number of carbonyl (C=O) groups is 1. The zero-order valence-electron chi connectivity index (χ0n) is 15.1. The van der Waals surface area contributed by atoms with Crippen LogP contribution in [0, 0.1) is 13.8 Å². The Bertz CT molecular complexity index is 846. The van der Waals surface area contributed by atoms with Crippen LogP contribution in [-0.4, -0.2) is 29.0 Å². The van der Waals surface area contributed by atoms with Crippen LogP contribution < -0.4 is 10.6 Å². The van der Waals surface area contributed by atoms with E-state index in [9.17, 15) is 18.0 Å². The van der Waals surface area contributed by atoms with Crippen molar-refractivity contribution in [2.24, 2.45) is 0 Å². The van der Waals surface area contributed by atoms with Crippen LogP contribution in [0.2, 0.25) is 0 Å². The highest BCUT2D eigenvalue weighted by Gasteiger charge is 2.39. The van der Waals surface area contributed by atoms with Crippen molar-refractivity contribution in [2.45, 2.75) is 39.6 Å². The second-order valence-electron chi connectivity index (χ2n) is 6.48. The van der Waals surface area contributed by atoms with Crippen LogP contribution in [0.4, 0.5) is 23.7 Å². The summed E-state index contributed by atoms with van der Waals surface area (Å²) in [5, 5.41) is 9.06. The predicted molar refractivity (Wildman–Crippen MR) is 93.5 cm³/mol. The lowest BCUT2D eigenvalue weighted by Crippen LogP contribution is -2.32. The number of aryl methyl sites for hydroxylation is 2. The molecule has 0 saturated heterocycles. The first-order valence-electron chi connectivity index (χ1n) is 8.61. The molecule has 27 heavy (non-hydrogen) atoms. The molecule has 1 aromatic carbocycles. The van der Waals surface area contributed by atoms with E-state index in [1.165, 1.54) is 4.68 Å². The Labute approximate surface area is 154 Å². The van der Waals surface area contributed by atoms with Gasteiger partial charge in [0.05, 0.1) is 19.8 Å². The normalized spacial score (nSPS) is 14.0. The second-order valence-corrected chi connectivity index (χ2v) is 6.48. The van der Waals surface area contributed by atoms with Gasteiger partial charge in [0.2, 0.25) is 0 Å². The molecule has 0 fully saturated rings. The zero-order chi connectivity index (χ0) is 19.6. The average molecular weight is 382 g/mol. The number of nitrogens with zero attached hydrogens (tertiary/aromatic N) is 2. The molecule has 0 spiro atoms. The van der Waals surface area contributed by atoms with Gasteiger partial charge in [0, 0.05) is 29.9 Å². The van der Waals surface area contributed by atoms with Gasteiger partial charge in [-0.3, -0.25) is 4.68 Å². The van der Waals surface area contributed by atoms with Gasteiger partial charge in [-0.1, -0.05) is 6.07 Å². The first kappa shape index (κ1) is 19.2. The number of rotatable bonds is 4. The summed E-state index contributed by atoms with van der Waals surface area (Å²) in [5.74, 6) is 0. The topological polar surface area (TPSA) is 68.2 Å². The highest BCUT2D eigenvalue weighted by molar-refractivity contribution is 5.89. The second kappa shape index (κ2) is 7.59. The molecule has 0 saturated carbocycles. The van der Waals surface area contributed by atoms with E-state index in [0.717, 1.165) is 11.1 Å².